The number of furan rings is 1. The zero-order valence-corrected chi connectivity index (χ0v) is 10.4. The molecule has 17 heavy (non-hydrogen) atoms. The van der Waals surface area contributed by atoms with Crippen LogP contribution in [0.1, 0.15) is 11.3 Å². The average Bonchev–Trinajstić information content (AvgIpc) is 2.81. The van der Waals surface area contributed by atoms with Gasteiger partial charge in [0.1, 0.15) is 17.4 Å². The predicted octanol–water partition coefficient (Wildman–Crippen LogP) is 3.61. The SMILES string of the molecule is Fc1ccc(Br)c(F)c1CNCc1ccco1. The fourth-order valence-electron chi connectivity index (χ4n) is 1.45. The molecule has 0 unspecified atom stereocenters. The molecule has 0 aliphatic rings. The van der Waals surface area contributed by atoms with Crippen LogP contribution < -0.4 is 5.32 Å². The number of benzene rings is 1. The molecule has 0 bridgehead atoms. The van der Waals surface area contributed by atoms with E-state index in [-0.39, 0.29) is 16.6 Å². The molecule has 0 saturated carbocycles. The zero-order chi connectivity index (χ0) is 12.3. The Bertz CT molecular complexity index is 499. The van der Waals surface area contributed by atoms with Crippen molar-refractivity contribution in [3.63, 3.8) is 0 Å². The van der Waals surface area contributed by atoms with Gasteiger partial charge in [-0.2, -0.15) is 0 Å². The molecular weight excluding hydrogens is 292 g/mol. The average molecular weight is 302 g/mol. The Morgan fingerprint density at radius 1 is 1.18 bits per heavy atom. The smallest absolute Gasteiger partial charge is 0.144 e. The third-order valence-electron chi connectivity index (χ3n) is 2.32. The molecule has 0 atom stereocenters. The lowest BCUT2D eigenvalue weighted by Crippen LogP contribution is -2.14. The summed E-state index contributed by atoms with van der Waals surface area (Å²) in [7, 11) is 0. The van der Waals surface area contributed by atoms with Gasteiger partial charge in [-0.3, -0.25) is 0 Å². The zero-order valence-electron chi connectivity index (χ0n) is 8.84. The van der Waals surface area contributed by atoms with Gasteiger partial charge in [0.15, 0.2) is 0 Å². The molecule has 0 spiro atoms. The van der Waals surface area contributed by atoms with E-state index in [4.69, 9.17) is 4.42 Å². The highest BCUT2D eigenvalue weighted by Crippen LogP contribution is 2.21. The van der Waals surface area contributed by atoms with Crippen LogP contribution in [0.5, 0.6) is 0 Å². The van der Waals surface area contributed by atoms with E-state index in [9.17, 15) is 8.78 Å². The van der Waals surface area contributed by atoms with Crippen LogP contribution in [-0.2, 0) is 13.1 Å². The van der Waals surface area contributed by atoms with E-state index in [1.807, 2.05) is 0 Å². The molecule has 0 saturated heterocycles. The normalized spacial score (nSPS) is 10.8. The summed E-state index contributed by atoms with van der Waals surface area (Å²) in [6.45, 7) is 0.538. The quantitative estimate of drug-likeness (QED) is 0.873. The molecule has 1 aromatic carbocycles. The van der Waals surface area contributed by atoms with Crippen LogP contribution in [0.3, 0.4) is 0 Å². The second kappa shape index (κ2) is 5.42. The molecule has 90 valence electrons. The van der Waals surface area contributed by atoms with Gasteiger partial charge in [-0.15, -0.1) is 0 Å². The summed E-state index contributed by atoms with van der Waals surface area (Å²) in [6, 6.07) is 6.13. The summed E-state index contributed by atoms with van der Waals surface area (Å²) in [5, 5.41) is 2.92. The summed E-state index contributed by atoms with van der Waals surface area (Å²) in [4.78, 5) is 0. The Labute approximate surface area is 106 Å². The van der Waals surface area contributed by atoms with Crippen molar-refractivity contribution in [2.24, 2.45) is 0 Å². The van der Waals surface area contributed by atoms with Gasteiger partial charge in [-0.25, -0.2) is 8.78 Å². The summed E-state index contributed by atoms with van der Waals surface area (Å²) < 4.78 is 32.3. The van der Waals surface area contributed by atoms with E-state index in [1.54, 1.807) is 18.4 Å². The van der Waals surface area contributed by atoms with Crippen molar-refractivity contribution in [1.82, 2.24) is 5.32 Å². The third-order valence-corrected chi connectivity index (χ3v) is 2.93. The van der Waals surface area contributed by atoms with Gasteiger partial charge in [-0.1, -0.05) is 0 Å². The minimum Gasteiger partial charge on any atom is -0.468 e. The molecule has 0 aliphatic heterocycles. The molecule has 1 aromatic heterocycles. The van der Waals surface area contributed by atoms with Gasteiger partial charge in [0, 0.05) is 12.1 Å². The van der Waals surface area contributed by atoms with E-state index in [2.05, 4.69) is 21.2 Å². The Balaban J connectivity index is 2.01. The number of hydrogen-bond donors (Lipinski definition) is 1. The molecule has 0 aliphatic carbocycles. The second-order valence-electron chi connectivity index (χ2n) is 3.50. The molecule has 0 fully saturated rings. The highest BCUT2D eigenvalue weighted by Gasteiger charge is 2.11. The number of nitrogens with one attached hydrogen (secondary N) is 1. The third kappa shape index (κ3) is 2.92. The standard InChI is InChI=1S/C12H10BrF2NO/c13-10-3-4-11(14)9(12(10)15)7-16-6-8-2-1-5-17-8/h1-5,16H,6-7H2. The summed E-state index contributed by atoms with van der Waals surface area (Å²) in [6.07, 6.45) is 1.55. The lowest BCUT2D eigenvalue weighted by atomic mass is 10.2. The van der Waals surface area contributed by atoms with Crippen molar-refractivity contribution in [2.45, 2.75) is 13.1 Å². The Morgan fingerprint density at radius 2 is 2.00 bits per heavy atom. The van der Waals surface area contributed by atoms with Gasteiger partial charge in [0.25, 0.3) is 0 Å². The maximum atomic E-state index is 13.6. The van der Waals surface area contributed by atoms with Crippen LogP contribution in [0.2, 0.25) is 0 Å². The molecular formula is C12H10BrF2NO. The molecule has 2 nitrogen and oxygen atoms in total. The van der Waals surface area contributed by atoms with Crippen molar-refractivity contribution in [2.75, 3.05) is 0 Å². The number of hydrogen-bond acceptors (Lipinski definition) is 2. The first-order valence-electron chi connectivity index (χ1n) is 5.04. The fourth-order valence-corrected chi connectivity index (χ4v) is 1.83. The Hall–Kier alpha value is -1.20. The summed E-state index contributed by atoms with van der Waals surface area (Å²) >= 11 is 3.02. The largest absolute Gasteiger partial charge is 0.468 e. The van der Waals surface area contributed by atoms with Crippen molar-refractivity contribution < 1.29 is 13.2 Å². The predicted molar refractivity (Wildman–Crippen MR) is 63.3 cm³/mol. The maximum absolute atomic E-state index is 13.6. The molecule has 0 amide bonds. The van der Waals surface area contributed by atoms with Gasteiger partial charge in [0.2, 0.25) is 0 Å². The highest BCUT2D eigenvalue weighted by molar-refractivity contribution is 9.10. The van der Waals surface area contributed by atoms with Gasteiger partial charge in [0.05, 0.1) is 17.3 Å². The van der Waals surface area contributed by atoms with E-state index < -0.39 is 11.6 Å². The Morgan fingerprint density at radius 3 is 2.71 bits per heavy atom. The van der Waals surface area contributed by atoms with Gasteiger partial charge >= 0.3 is 0 Å². The summed E-state index contributed by atoms with van der Waals surface area (Å²) in [5.41, 5.74) is 0.0194. The fraction of sp³-hybridized carbons (Fsp3) is 0.167. The van der Waals surface area contributed by atoms with E-state index in [0.29, 0.717) is 6.54 Å². The summed E-state index contributed by atoms with van der Waals surface area (Å²) in [5.74, 6) is -0.407. The molecule has 2 aromatic rings. The number of rotatable bonds is 4. The van der Waals surface area contributed by atoms with Crippen LogP contribution in [0.4, 0.5) is 8.78 Å². The van der Waals surface area contributed by atoms with Crippen molar-refractivity contribution >= 4 is 15.9 Å². The topological polar surface area (TPSA) is 25.2 Å². The van der Waals surface area contributed by atoms with E-state index in [0.717, 1.165) is 5.76 Å². The van der Waals surface area contributed by atoms with Crippen molar-refractivity contribution in [1.29, 1.82) is 0 Å². The van der Waals surface area contributed by atoms with E-state index >= 15 is 0 Å². The lowest BCUT2D eigenvalue weighted by Gasteiger charge is -2.07. The van der Waals surface area contributed by atoms with Crippen molar-refractivity contribution in [3.05, 3.63) is 58.0 Å². The highest BCUT2D eigenvalue weighted by atomic mass is 79.9. The Kier molecular flexibility index (Phi) is 3.91. The van der Waals surface area contributed by atoms with Crippen LogP contribution in [0.25, 0.3) is 0 Å². The molecule has 0 radical (unpaired) electrons. The number of halogens is 3. The van der Waals surface area contributed by atoms with Gasteiger partial charge < -0.3 is 9.73 Å². The van der Waals surface area contributed by atoms with Crippen LogP contribution >= 0.6 is 15.9 Å². The molecule has 5 heteroatoms. The first-order valence-corrected chi connectivity index (χ1v) is 5.83. The van der Waals surface area contributed by atoms with Crippen molar-refractivity contribution in [3.8, 4) is 0 Å². The second-order valence-corrected chi connectivity index (χ2v) is 4.36. The van der Waals surface area contributed by atoms with Crippen LogP contribution in [-0.4, -0.2) is 0 Å². The monoisotopic (exact) mass is 301 g/mol. The van der Waals surface area contributed by atoms with Gasteiger partial charge in [-0.05, 0) is 40.2 Å². The molecule has 2 rings (SSSR count). The van der Waals surface area contributed by atoms with Crippen LogP contribution in [0.15, 0.2) is 39.4 Å². The molecule has 1 N–H and O–H groups in total. The lowest BCUT2D eigenvalue weighted by molar-refractivity contribution is 0.472. The molecule has 1 heterocycles. The first kappa shape index (κ1) is 12.3. The minimum absolute atomic E-state index is 0.0194. The van der Waals surface area contributed by atoms with E-state index in [1.165, 1.54) is 12.1 Å². The first-order chi connectivity index (χ1) is 8.18. The minimum atomic E-state index is -0.572. The van der Waals surface area contributed by atoms with Crippen LogP contribution in [0, 0.1) is 11.6 Å². The maximum Gasteiger partial charge on any atom is 0.144 e.